The molecule has 0 aliphatic carbocycles. The van der Waals surface area contributed by atoms with Crippen LogP contribution in [0.5, 0.6) is 0 Å². The average Bonchev–Trinajstić information content (AvgIpc) is 3.13. The largest absolute Gasteiger partial charge is 0.301 e. The van der Waals surface area contributed by atoms with E-state index in [2.05, 4.69) is 15.6 Å². The van der Waals surface area contributed by atoms with E-state index in [0.717, 1.165) is 22.6 Å². The van der Waals surface area contributed by atoms with Crippen LogP contribution < -0.4 is 10.6 Å². The second-order valence-corrected chi connectivity index (χ2v) is 6.95. The fourth-order valence-corrected chi connectivity index (χ4v) is 3.84. The van der Waals surface area contributed by atoms with Crippen molar-refractivity contribution in [2.75, 3.05) is 16.9 Å². The molecule has 1 saturated heterocycles. The van der Waals surface area contributed by atoms with E-state index in [1.165, 1.54) is 23.5 Å². The first-order valence-electron chi connectivity index (χ1n) is 6.62. The van der Waals surface area contributed by atoms with Crippen molar-refractivity contribution in [2.45, 2.75) is 12.5 Å². The van der Waals surface area contributed by atoms with Crippen molar-refractivity contribution < 1.29 is 13.6 Å². The lowest BCUT2D eigenvalue weighted by Gasteiger charge is -2.07. The highest BCUT2D eigenvalue weighted by atomic mass is 32.2. The van der Waals surface area contributed by atoms with E-state index >= 15 is 0 Å². The van der Waals surface area contributed by atoms with Crippen molar-refractivity contribution in [2.24, 2.45) is 0 Å². The number of rotatable bonds is 4. The predicted molar refractivity (Wildman–Crippen MR) is 84.2 cm³/mol. The van der Waals surface area contributed by atoms with Crippen LogP contribution in [0, 0.1) is 11.6 Å². The summed E-state index contributed by atoms with van der Waals surface area (Å²) in [6, 6.07) is 3.31. The molecule has 2 aromatic rings. The van der Waals surface area contributed by atoms with Crippen LogP contribution in [0.4, 0.5) is 13.9 Å². The summed E-state index contributed by atoms with van der Waals surface area (Å²) in [7, 11) is 0. The summed E-state index contributed by atoms with van der Waals surface area (Å²) >= 11 is 2.96. The van der Waals surface area contributed by atoms with Crippen molar-refractivity contribution in [3.8, 4) is 0 Å². The summed E-state index contributed by atoms with van der Waals surface area (Å²) in [5.74, 6) is 0.223. The lowest BCUT2D eigenvalue weighted by Crippen LogP contribution is -2.37. The number of aromatic nitrogens is 1. The first-order chi connectivity index (χ1) is 10.6. The molecule has 2 heterocycles. The van der Waals surface area contributed by atoms with E-state index in [0.29, 0.717) is 17.1 Å². The first-order valence-corrected chi connectivity index (χ1v) is 8.59. The minimum absolute atomic E-state index is 0.112. The van der Waals surface area contributed by atoms with E-state index in [9.17, 15) is 13.6 Å². The number of hydrogen-bond acceptors (Lipinski definition) is 5. The molecule has 1 fully saturated rings. The fourth-order valence-electron chi connectivity index (χ4n) is 2.06. The zero-order chi connectivity index (χ0) is 15.5. The summed E-state index contributed by atoms with van der Waals surface area (Å²) in [6.45, 7) is 0. The topological polar surface area (TPSA) is 54.0 Å². The Morgan fingerprint density at radius 3 is 3.05 bits per heavy atom. The van der Waals surface area contributed by atoms with Crippen LogP contribution in [0.1, 0.15) is 10.4 Å². The van der Waals surface area contributed by atoms with Gasteiger partial charge >= 0.3 is 0 Å². The van der Waals surface area contributed by atoms with Gasteiger partial charge in [-0.2, -0.15) is 0 Å². The molecule has 3 rings (SSSR count). The molecule has 1 aliphatic heterocycles. The van der Waals surface area contributed by atoms with Crippen molar-refractivity contribution in [3.05, 3.63) is 46.5 Å². The van der Waals surface area contributed by atoms with Gasteiger partial charge in [0.15, 0.2) is 5.13 Å². The lowest BCUT2D eigenvalue weighted by atomic mass is 10.1. The van der Waals surface area contributed by atoms with Crippen molar-refractivity contribution in [3.63, 3.8) is 0 Å². The molecule has 2 N–H and O–H groups in total. The molecule has 0 saturated carbocycles. The molecule has 0 spiro atoms. The third-order valence-electron chi connectivity index (χ3n) is 3.20. The van der Waals surface area contributed by atoms with Crippen LogP contribution >= 0.6 is 23.1 Å². The number of thiazole rings is 1. The number of hydrogen-bond donors (Lipinski definition) is 2. The number of nitrogens with zero attached hydrogens (tertiary/aromatic N) is 1. The van der Waals surface area contributed by atoms with E-state index in [1.54, 1.807) is 18.0 Å². The zero-order valence-corrected chi connectivity index (χ0v) is 13.1. The first kappa shape index (κ1) is 15.4. The quantitative estimate of drug-likeness (QED) is 0.898. The molecule has 1 aromatic heterocycles. The monoisotopic (exact) mass is 341 g/mol. The lowest BCUT2D eigenvalue weighted by molar-refractivity contribution is -0.117. The molecule has 1 unspecified atom stereocenters. The van der Waals surface area contributed by atoms with Gasteiger partial charge in [-0.3, -0.25) is 10.1 Å². The van der Waals surface area contributed by atoms with Gasteiger partial charge in [0.25, 0.3) is 0 Å². The zero-order valence-electron chi connectivity index (χ0n) is 11.4. The van der Waals surface area contributed by atoms with Gasteiger partial charge < -0.3 is 5.32 Å². The third kappa shape index (κ3) is 3.63. The van der Waals surface area contributed by atoms with Gasteiger partial charge in [0, 0.05) is 35.2 Å². The van der Waals surface area contributed by atoms with Crippen LogP contribution in [0.2, 0.25) is 0 Å². The van der Waals surface area contributed by atoms with Crippen molar-refractivity contribution >= 4 is 34.1 Å². The van der Waals surface area contributed by atoms with Crippen molar-refractivity contribution in [1.82, 2.24) is 10.3 Å². The number of nitrogens with one attached hydrogen (secondary N) is 2. The van der Waals surface area contributed by atoms with Gasteiger partial charge in [0.1, 0.15) is 11.6 Å². The molecule has 1 atom stereocenters. The average molecular weight is 341 g/mol. The van der Waals surface area contributed by atoms with Gasteiger partial charge in [0.05, 0.1) is 6.04 Å². The highest BCUT2D eigenvalue weighted by Gasteiger charge is 2.23. The Balaban J connectivity index is 1.64. The smallest absolute Gasteiger partial charge is 0.244 e. The number of carbonyl (C=O) groups is 1. The number of benzene rings is 1. The highest BCUT2D eigenvalue weighted by Crippen LogP contribution is 2.23. The Bertz CT molecular complexity index is 686. The molecule has 8 heteroatoms. The van der Waals surface area contributed by atoms with Gasteiger partial charge in [-0.05, 0) is 11.6 Å². The number of anilines is 1. The Kier molecular flexibility index (Phi) is 4.70. The van der Waals surface area contributed by atoms with Crippen LogP contribution in [0.3, 0.4) is 0 Å². The number of halogens is 2. The van der Waals surface area contributed by atoms with Gasteiger partial charge in [-0.15, -0.1) is 23.1 Å². The maximum Gasteiger partial charge on any atom is 0.244 e. The van der Waals surface area contributed by atoms with Gasteiger partial charge in [-0.25, -0.2) is 13.8 Å². The summed E-state index contributed by atoms with van der Waals surface area (Å²) < 4.78 is 26.5. The third-order valence-corrected chi connectivity index (χ3v) is 5.05. The number of thioether (sulfide) groups is 1. The van der Waals surface area contributed by atoms with Crippen molar-refractivity contribution in [1.29, 1.82) is 0 Å². The molecular formula is C14H13F2N3OS2. The Morgan fingerprint density at radius 2 is 2.32 bits per heavy atom. The standard InChI is InChI=1S/C14H13F2N3OS2/c15-9-2-1-8(11(16)4-9)3-10-5-17-14(22-10)19-13(20)12-6-21-7-18-12/h1-2,4-5,12,18H,3,6-7H2,(H,17,19,20). The van der Waals surface area contributed by atoms with E-state index < -0.39 is 11.6 Å². The van der Waals surface area contributed by atoms with E-state index in [-0.39, 0.29) is 11.9 Å². The van der Waals surface area contributed by atoms with E-state index in [1.807, 2.05) is 0 Å². The van der Waals surface area contributed by atoms with Gasteiger partial charge in [-0.1, -0.05) is 6.07 Å². The summed E-state index contributed by atoms with van der Waals surface area (Å²) in [4.78, 5) is 16.9. The fraction of sp³-hybridized carbons (Fsp3) is 0.286. The molecule has 22 heavy (non-hydrogen) atoms. The number of carbonyl (C=O) groups excluding carboxylic acids is 1. The molecule has 0 radical (unpaired) electrons. The molecule has 4 nitrogen and oxygen atoms in total. The minimum atomic E-state index is -0.597. The molecule has 0 bridgehead atoms. The van der Waals surface area contributed by atoms with Gasteiger partial charge in [0.2, 0.25) is 5.91 Å². The van der Waals surface area contributed by atoms with Crippen LogP contribution in [0.15, 0.2) is 24.4 Å². The molecule has 116 valence electrons. The van der Waals surface area contributed by atoms with Crippen LogP contribution in [-0.4, -0.2) is 28.6 Å². The highest BCUT2D eigenvalue weighted by molar-refractivity contribution is 7.99. The van der Waals surface area contributed by atoms with E-state index in [4.69, 9.17) is 0 Å². The Hall–Kier alpha value is -1.51. The number of amides is 1. The maximum absolute atomic E-state index is 13.6. The minimum Gasteiger partial charge on any atom is -0.301 e. The van der Waals surface area contributed by atoms with Crippen LogP contribution in [-0.2, 0) is 11.2 Å². The van der Waals surface area contributed by atoms with Crippen LogP contribution in [0.25, 0.3) is 0 Å². The predicted octanol–water partition coefficient (Wildman–Crippen LogP) is 2.61. The Labute approximate surface area is 134 Å². The molecule has 1 aliphatic rings. The second-order valence-electron chi connectivity index (χ2n) is 4.81. The normalized spacial score (nSPS) is 17.6. The second kappa shape index (κ2) is 6.72. The maximum atomic E-state index is 13.6. The molecule has 1 amide bonds. The molecule has 1 aromatic carbocycles. The summed E-state index contributed by atoms with van der Waals surface area (Å²) in [6.07, 6.45) is 1.91. The summed E-state index contributed by atoms with van der Waals surface area (Å²) in [5.41, 5.74) is 0.400. The SMILES string of the molecule is O=C(Nc1ncc(Cc2ccc(F)cc2F)s1)C1CSCN1. The summed E-state index contributed by atoms with van der Waals surface area (Å²) in [5, 5.41) is 6.32. The molecular weight excluding hydrogens is 328 g/mol. The Morgan fingerprint density at radius 1 is 1.45 bits per heavy atom.